The second-order valence-corrected chi connectivity index (χ2v) is 5.42. The average molecular weight is 259 g/mol. The molecule has 2 N–H and O–H groups in total. The zero-order valence-electron chi connectivity index (χ0n) is 12.3. The van der Waals surface area contributed by atoms with Crippen molar-refractivity contribution in [2.75, 3.05) is 0 Å². The van der Waals surface area contributed by atoms with E-state index in [0.29, 0.717) is 0 Å². The number of hydrogen-bond donors (Lipinski definition) is 1. The van der Waals surface area contributed by atoms with Gasteiger partial charge >= 0.3 is 0 Å². The van der Waals surface area contributed by atoms with Crippen molar-refractivity contribution >= 4 is 11.0 Å². The summed E-state index contributed by atoms with van der Waals surface area (Å²) in [4.78, 5) is 4.80. The second kappa shape index (κ2) is 6.20. The van der Waals surface area contributed by atoms with Crippen molar-refractivity contribution in [1.29, 1.82) is 0 Å². The third kappa shape index (κ3) is 3.16. The van der Waals surface area contributed by atoms with Gasteiger partial charge in [-0.05, 0) is 37.5 Å². The van der Waals surface area contributed by atoms with Gasteiger partial charge in [0.15, 0.2) is 0 Å². The topological polar surface area (TPSA) is 43.8 Å². The number of aromatic nitrogens is 2. The highest BCUT2D eigenvalue weighted by Gasteiger charge is 2.13. The minimum absolute atomic E-state index is 0.221. The molecule has 1 heterocycles. The molecule has 2 aromatic rings. The molecule has 0 bridgehead atoms. The standard InChI is InChI=1S/C16H25N3/c1-4-6-13(17)11-16-18-14-10-12(3)7-8-15(14)19(16)9-5-2/h7-8,10,13H,4-6,9,11,17H2,1-3H3. The summed E-state index contributed by atoms with van der Waals surface area (Å²) in [6.45, 7) is 7.52. The van der Waals surface area contributed by atoms with Gasteiger partial charge in [-0.2, -0.15) is 0 Å². The second-order valence-electron chi connectivity index (χ2n) is 5.42. The van der Waals surface area contributed by atoms with Gasteiger partial charge in [-0.15, -0.1) is 0 Å². The van der Waals surface area contributed by atoms with Crippen molar-refractivity contribution in [3.8, 4) is 0 Å². The summed E-state index contributed by atoms with van der Waals surface area (Å²) in [6, 6.07) is 6.73. The van der Waals surface area contributed by atoms with Gasteiger partial charge in [0.2, 0.25) is 0 Å². The third-order valence-electron chi connectivity index (χ3n) is 3.53. The third-order valence-corrected chi connectivity index (χ3v) is 3.53. The Balaban J connectivity index is 2.38. The lowest BCUT2D eigenvalue weighted by Gasteiger charge is -2.12. The van der Waals surface area contributed by atoms with Crippen molar-refractivity contribution in [3.05, 3.63) is 29.6 Å². The summed E-state index contributed by atoms with van der Waals surface area (Å²) in [6.07, 6.45) is 4.19. The molecule has 1 aromatic carbocycles. The van der Waals surface area contributed by atoms with E-state index in [0.717, 1.165) is 43.6 Å². The molecule has 0 spiro atoms. The fourth-order valence-corrected chi connectivity index (χ4v) is 2.63. The lowest BCUT2D eigenvalue weighted by molar-refractivity contribution is 0.557. The van der Waals surface area contributed by atoms with Gasteiger partial charge in [0.25, 0.3) is 0 Å². The average Bonchev–Trinajstić information content (AvgIpc) is 2.67. The molecule has 104 valence electrons. The maximum absolute atomic E-state index is 6.18. The summed E-state index contributed by atoms with van der Waals surface area (Å²) >= 11 is 0. The first-order valence-electron chi connectivity index (χ1n) is 7.37. The molecule has 2 rings (SSSR count). The predicted molar refractivity (Wildman–Crippen MR) is 81.3 cm³/mol. The minimum atomic E-state index is 0.221. The maximum atomic E-state index is 6.18. The molecule has 0 fully saturated rings. The molecular weight excluding hydrogens is 234 g/mol. The number of nitrogens with zero attached hydrogens (tertiary/aromatic N) is 2. The summed E-state index contributed by atoms with van der Waals surface area (Å²) in [7, 11) is 0. The van der Waals surface area contributed by atoms with Gasteiger partial charge in [0.05, 0.1) is 11.0 Å². The Morgan fingerprint density at radius 3 is 2.74 bits per heavy atom. The highest BCUT2D eigenvalue weighted by molar-refractivity contribution is 5.76. The molecule has 0 saturated carbocycles. The molecule has 19 heavy (non-hydrogen) atoms. The molecule has 1 atom stereocenters. The minimum Gasteiger partial charge on any atom is -0.328 e. The van der Waals surface area contributed by atoms with Crippen molar-refractivity contribution in [2.24, 2.45) is 5.73 Å². The van der Waals surface area contributed by atoms with Crippen molar-refractivity contribution in [3.63, 3.8) is 0 Å². The summed E-state index contributed by atoms with van der Waals surface area (Å²) < 4.78 is 2.34. The first kappa shape index (κ1) is 14.1. The van der Waals surface area contributed by atoms with Gasteiger partial charge in [-0.25, -0.2) is 4.98 Å². The zero-order valence-corrected chi connectivity index (χ0v) is 12.3. The maximum Gasteiger partial charge on any atom is 0.111 e. The number of aryl methyl sites for hydroxylation is 2. The molecule has 1 unspecified atom stereocenters. The Bertz CT molecular complexity index is 542. The monoisotopic (exact) mass is 259 g/mol. The van der Waals surface area contributed by atoms with E-state index < -0.39 is 0 Å². The van der Waals surface area contributed by atoms with Crippen LogP contribution in [-0.2, 0) is 13.0 Å². The molecule has 0 radical (unpaired) electrons. The van der Waals surface area contributed by atoms with E-state index in [1.807, 2.05) is 0 Å². The van der Waals surface area contributed by atoms with Crippen LogP contribution in [0.5, 0.6) is 0 Å². The van der Waals surface area contributed by atoms with Crippen LogP contribution in [0.2, 0.25) is 0 Å². The first-order chi connectivity index (χ1) is 9.15. The predicted octanol–water partition coefficient (Wildman–Crippen LogP) is 3.42. The fraction of sp³-hybridized carbons (Fsp3) is 0.562. The van der Waals surface area contributed by atoms with E-state index in [4.69, 9.17) is 10.7 Å². The Morgan fingerprint density at radius 1 is 1.26 bits per heavy atom. The van der Waals surface area contributed by atoms with Gasteiger partial charge in [0.1, 0.15) is 5.82 Å². The Labute approximate surface area is 115 Å². The highest BCUT2D eigenvalue weighted by atomic mass is 15.1. The largest absolute Gasteiger partial charge is 0.328 e. The van der Waals surface area contributed by atoms with Crippen molar-refractivity contribution in [2.45, 2.75) is 59.0 Å². The zero-order chi connectivity index (χ0) is 13.8. The van der Waals surface area contributed by atoms with E-state index in [1.54, 1.807) is 0 Å². The van der Waals surface area contributed by atoms with E-state index in [9.17, 15) is 0 Å². The van der Waals surface area contributed by atoms with Crippen LogP contribution < -0.4 is 5.73 Å². The van der Waals surface area contributed by atoms with E-state index in [1.165, 1.54) is 11.1 Å². The van der Waals surface area contributed by atoms with Crippen LogP contribution in [0.3, 0.4) is 0 Å². The SMILES string of the molecule is CCCC(N)Cc1nc2cc(C)ccc2n1CCC. The quantitative estimate of drug-likeness (QED) is 0.863. The number of rotatable bonds is 6. The number of hydrogen-bond acceptors (Lipinski definition) is 2. The Morgan fingerprint density at radius 2 is 2.05 bits per heavy atom. The molecule has 3 heteroatoms. The Hall–Kier alpha value is -1.35. The lowest BCUT2D eigenvalue weighted by Crippen LogP contribution is -2.24. The molecule has 0 amide bonds. The van der Waals surface area contributed by atoms with Crippen LogP contribution in [-0.4, -0.2) is 15.6 Å². The van der Waals surface area contributed by atoms with Crippen LogP contribution in [0.1, 0.15) is 44.5 Å². The summed E-state index contributed by atoms with van der Waals surface area (Å²) in [5, 5.41) is 0. The smallest absolute Gasteiger partial charge is 0.111 e. The lowest BCUT2D eigenvalue weighted by atomic mass is 10.1. The summed E-state index contributed by atoms with van der Waals surface area (Å²) in [5.74, 6) is 1.14. The number of nitrogens with two attached hydrogens (primary N) is 1. The van der Waals surface area contributed by atoms with E-state index in [2.05, 4.69) is 43.5 Å². The van der Waals surface area contributed by atoms with Crippen LogP contribution in [0, 0.1) is 6.92 Å². The van der Waals surface area contributed by atoms with Gasteiger partial charge in [-0.3, -0.25) is 0 Å². The highest BCUT2D eigenvalue weighted by Crippen LogP contribution is 2.19. The van der Waals surface area contributed by atoms with Crippen LogP contribution in [0.15, 0.2) is 18.2 Å². The van der Waals surface area contributed by atoms with Gasteiger partial charge in [-0.1, -0.05) is 26.3 Å². The van der Waals surface area contributed by atoms with Crippen LogP contribution in [0.25, 0.3) is 11.0 Å². The van der Waals surface area contributed by atoms with Crippen LogP contribution in [0.4, 0.5) is 0 Å². The Kier molecular flexibility index (Phi) is 4.59. The van der Waals surface area contributed by atoms with E-state index in [-0.39, 0.29) is 6.04 Å². The van der Waals surface area contributed by atoms with Gasteiger partial charge < -0.3 is 10.3 Å². The summed E-state index contributed by atoms with van der Waals surface area (Å²) in [5.41, 5.74) is 9.79. The molecule has 1 aromatic heterocycles. The normalized spacial score (nSPS) is 13.1. The van der Waals surface area contributed by atoms with Crippen molar-refractivity contribution < 1.29 is 0 Å². The van der Waals surface area contributed by atoms with Crippen molar-refractivity contribution in [1.82, 2.24) is 9.55 Å². The van der Waals surface area contributed by atoms with Gasteiger partial charge in [0, 0.05) is 19.0 Å². The fourth-order valence-electron chi connectivity index (χ4n) is 2.63. The number of benzene rings is 1. The van der Waals surface area contributed by atoms with Crippen LogP contribution >= 0.6 is 0 Å². The molecular formula is C16H25N3. The molecule has 3 nitrogen and oxygen atoms in total. The van der Waals surface area contributed by atoms with E-state index >= 15 is 0 Å². The molecule has 0 aliphatic rings. The first-order valence-corrected chi connectivity index (χ1v) is 7.37. The molecule has 0 aliphatic heterocycles. The molecule has 0 aliphatic carbocycles. The molecule has 0 saturated heterocycles. The number of fused-ring (bicyclic) bond motifs is 1. The number of imidazole rings is 1.